The largest absolute Gasteiger partial charge is 0.459 e. The molecule has 0 radical (unpaired) electrons. The summed E-state index contributed by atoms with van der Waals surface area (Å²) in [5, 5.41) is 6.01. The smallest absolute Gasteiger partial charge is 0.246 e. The molecule has 2 aromatic heterocycles. The third kappa shape index (κ3) is 3.28. The van der Waals surface area contributed by atoms with Crippen molar-refractivity contribution in [3.8, 4) is 11.3 Å². The second-order valence-electron chi connectivity index (χ2n) is 6.73. The van der Waals surface area contributed by atoms with E-state index < -0.39 is 0 Å². The molecule has 2 N–H and O–H groups in total. The number of anilines is 3. The van der Waals surface area contributed by atoms with Crippen LogP contribution in [0.15, 0.2) is 40.8 Å². The molecule has 3 heterocycles. The lowest BCUT2D eigenvalue weighted by molar-refractivity contribution is -0.117. The molecule has 28 heavy (non-hydrogen) atoms. The lowest BCUT2D eigenvalue weighted by Crippen LogP contribution is -2.44. The minimum atomic E-state index is -0.307. The van der Waals surface area contributed by atoms with Gasteiger partial charge < -0.3 is 20.0 Å². The number of hydrogen-bond donors (Lipinski definition) is 2. The number of carbonyl (C=O) groups excluding carboxylic acids is 1. The van der Waals surface area contributed by atoms with E-state index in [0.717, 1.165) is 5.56 Å². The van der Waals surface area contributed by atoms with E-state index in [1.54, 1.807) is 12.1 Å². The lowest BCUT2D eigenvalue weighted by Gasteiger charge is -2.32. The van der Waals surface area contributed by atoms with E-state index in [1.807, 2.05) is 37.9 Å². The Morgan fingerprint density at radius 2 is 1.96 bits per heavy atom. The van der Waals surface area contributed by atoms with Gasteiger partial charge in [0.2, 0.25) is 11.9 Å². The average molecular weight is 381 g/mol. The van der Waals surface area contributed by atoms with E-state index in [0.29, 0.717) is 41.2 Å². The molecule has 1 atom stereocenters. The summed E-state index contributed by atoms with van der Waals surface area (Å²) in [6.45, 7) is 4.04. The summed E-state index contributed by atoms with van der Waals surface area (Å²) in [6.07, 6.45) is 0. The first-order chi connectivity index (χ1) is 13.4. The summed E-state index contributed by atoms with van der Waals surface area (Å²) in [5.74, 6) is 2.13. The van der Waals surface area contributed by atoms with Gasteiger partial charge in [0.05, 0.1) is 12.2 Å². The topological polar surface area (TPSA) is 83.3 Å². The third-order valence-electron chi connectivity index (χ3n) is 4.82. The molecule has 0 aliphatic carbocycles. The Labute approximate surface area is 161 Å². The van der Waals surface area contributed by atoms with Gasteiger partial charge in [0.1, 0.15) is 29.1 Å². The zero-order valence-electron chi connectivity index (χ0n) is 15.8. The van der Waals surface area contributed by atoms with E-state index in [4.69, 9.17) is 4.42 Å². The highest BCUT2D eigenvalue weighted by atomic mass is 19.1. The van der Waals surface area contributed by atoms with Crippen LogP contribution in [0.4, 0.5) is 21.8 Å². The van der Waals surface area contributed by atoms with Crippen molar-refractivity contribution in [3.63, 3.8) is 0 Å². The number of rotatable bonds is 4. The van der Waals surface area contributed by atoms with Gasteiger partial charge in [-0.05, 0) is 50.2 Å². The van der Waals surface area contributed by atoms with Gasteiger partial charge in [0.25, 0.3) is 0 Å². The maximum absolute atomic E-state index is 13.1. The zero-order valence-corrected chi connectivity index (χ0v) is 15.8. The van der Waals surface area contributed by atoms with Gasteiger partial charge in [-0.25, -0.2) is 9.37 Å². The molecule has 7 nitrogen and oxygen atoms in total. The molecule has 0 fully saturated rings. The first-order valence-electron chi connectivity index (χ1n) is 8.93. The summed E-state index contributed by atoms with van der Waals surface area (Å²) in [4.78, 5) is 22.8. The Bertz CT molecular complexity index is 1030. The van der Waals surface area contributed by atoms with E-state index in [1.165, 1.54) is 12.1 Å². The van der Waals surface area contributed by atoms with Crippen molar-refractivity contribution in [2.45, 2.75) is 26.4 Å². The van der Waals surface area contributed by atoms with Crippen LogP contribution in [-0.4, -0.2) is 29.0 Å². The molecule has 0 unspecified atom stereocenters. The number of aryl methyl sites for hydroxylation is 1. The second kappa shape index (κ2) is 6.95. The molecule has 1 aliphatic heterocycles. The summed E-state index contributed by atoms with van der Waals surface area (Å²) < 4.78 is 18.9. The average Bonchev–Trinajstić information content (AvgIpc) is 3.15. The minimum absolute atomic E-state index is 0.0775. The number of furan rings is 1. The van der Waals surface area contributed by atoms with Crippen LogP contribution < -0.4 is 15.5 Å². The fourth-order valence-electron chi connectivity index (χ4n) is 3.03. The monoisotopic (exact) mass is 381 g/mol. The van der Waals surface area contributed by atoms with Crippen LogP contribution in [0.1, 0.15) is 18.4 Å². The van der Waals surface area contributed by atoms with Crippen molar-refractivity contribution in [1.82, 2.24) is 9.97 Å². The number of nitrogens with zero attached hydrogens (tertiary/aromatic N) is 3. The normalized spacial score (nSPS) is 15.9. The molecular formula is C20H20FN5O2. The third-order valence-corrected chi connectivity index (χ3v) is 4.82. The van der Waals surface area contributed by atoms with Crippen molar-refractivity contribution >= 4 is 23.4 Å². The molecule has 1 aliphatic rings. The number of halogens is 1. The Morgan fingerprint density at radius 3 is 2.71 bits per heavy atom. The highest BCUT2D eigenvalue weighted by molar-refractivity contribution is 6.03. The fraction of sp³-hybridized carbons (Fsp3) is 0.250. The van der Waals surface area contributed by atoms with Crippen molar-refractivity contribution in [2.75, 3.05) is 22.6 Å². The molecular weight excluding hydrogens is 361 g/mol. The fourth-order valence-corrected chi connectivity index (χ4v) is 3.03. The van der Waals surface area contributed by atoms with E-state index in [9.17, 15) is 9.18 Å². The molecule has 0 saturated carbocycles. The van der Waals surface area contributed by atoms with Crippen LogP contribution in [-0.2, 0) is 11.3 Å². The number of amides is 1. The summed E-state index contributed by atoms with van der Waals surface area (Å²) in [7, 11) is 1.83. The molecule has 0 spiro atoms. The van der Waals surface area contributed by atoms with Crippen LogP contribution in [0.25, 0.3) is 11.3 Å². The first-order valence-corrected chi connectivity index (χ1v) is 8.93. The quantitative estimate of drug-likeness (QED) is 0.719. The molecule has 1 amide bonds. The minimum Gasteiger partial charge on any atom is -0.459 e. The molecule has 3 aromatic rings. The van der Waals surface area contributed by atoms with Gasteiger partial charge >= 0.3 is 0 Å². The van der Waals surface area contributed by atoms with Crippen LogP contribution in [0.5, 0.6) is 0 Å². The predicted molar refractivity (Wildman–Crippen MR) is 105 cm³/mol. The molecule has 0 bridgehead atoms. The number of hydrogen-bond acceptors (Lipinski definition) is 6. The molecule has 1 aromatic carbocycles. The van der Waals surface area contributed by atoms with Gasteiger partial charge in [-0.1, -0.05) is 0 Å². The van der Waals surface area contributed by atoms with Gasteiger partial charge in [-0.2, -0.15) is 4.98 Å². The number of benzene rings is 1. The second-order valence-corrected chi connectivity index (χ2v) is 6.73. The Balaban J connectivity index is 1.51. The van der Waals surface area contributed by atoms with Gasteiger partial charge in [0.15, 0.2) is 5.82 Å². The van der Waals surface area contributed by atoms with Crippen LogP contribution in [0, 0.1) is 12.7 Å². The van der Waals surface area contributed by atoms with Crippen molar-refractivity contribution in [2.24, 2.45) is 0 Å². The van der Waals surface area contributed by atoms with E-state index in [-0.39, 0.29) is 17.8 Å². The van der Waals surface area contributed by atoms with Crippen molar-refractivity contribution in [1.29, 1.82) is 0 Å². The Hall–Kier alpha value is -3.42. The number of fused-ring (bicyclic) bond motifs is 1. The molecule has 8 heteroatoms. The van der Waals surface area contributed by atoms with Crippen LogP contribution >= 0.6 is 0 Å². The molecule has 4 rings (SSSR count). The maximum atomic E-state index is 13.1. The summed E-state index contributed by atoms with van der Waals surface area (Å²) >= 11 is 0. The van der Waals surface area contributed by atoms with Gasteiger partial charge in [-0.3, -0.25) is 4.79 Å². The van der Waals surface area contributed by atoms with Crippen LogP contribution in [0.3, 0.4) is 0 Å². The van der Waals surface area contributed by atoms with Gasteiger partial charge in [0, 0.05) is 12.6 Å². The van der Waals surface area contributed by atoms with Crippen LogP contribution in [0.2, 0.25) is 0 Å². The van der Waals surface area contributed by atoms with E-state index >= 15 is 0 Å². The maximum Gasteiger partial charge on any atom is 0.246 e. The summed E-state index contributed by atoms with van der Waals surface area (Å²) in [5.41, 5.74) is 2.12. The SMILES string of the molecule is Cc1nc(NCc2ccc(-c3ccc(F)cc3)o2)nc2c1NC(=O)[C@H](C)N2C. The van der Waals surface area contributed by atoms with Gasteiger partial charge in [-0.15, -0.1) is 0 Å². The number of aromatic nitrogens is 2. The number of nitrogens with one attached hydrogen (secondary N) is 2. The Kier molecular flexibility index (Phi) is 4.46. The van der Waals surface area contributed by atoms with E-state index in [2.05, 4.69) is 20.6 Å². The highest BCUT2D eigenvalue weighted by Crippen LogP contribution is 2.32. The van der Waals surface area contributed by atoms with Crippen molar-refractivity contribution in [3.05, 3.63) is 53.7 Å². The zero-order chi connectivity index (χ0) is 19.8. The van der Waals surface area contributed by atoms with Crippen molar-refractivity contribution < 1.29 is 13.6 Å². The Morgan fingerprint density at radius 1 is 1.21 bits per heavy atom. The number of likely N-dealkylation sites (N-methyl/N-ethyl adjacent to an activating group) is 1. The lowest BCUT2D eigenvalue weighted by atomic mass is 10.2. The summed E-state index contributed by atoms with van der Waals surface area (Å²) in [6, 6.07) is 9.53. The number of carbonyl (C=O) groups is 1. The molecule has 0 saturated heterocycles. The standard InChI is InChI=1S/C20H20FN5O2/c1-11-17-18(26(3)12(2)19(27)24-17)25-20(23-11)22-10-15-8-9-16(28-15)13-4-6-14(21)7-5-13/h4-9,12H,10H2,1-3H3,(H,24,27)(H,22,23,25)/t12-/m0/s1. The molecule has 144 valence electrons. The highest BCUT2D eigenvalue weighted by Gasteiger charge is 2.30. The first kappa shape index (κ1) is 18.0. The predicted octanol–water partition coefficient (Wildman–Crippen LogP) is 3.57.